The number of nitrogens with zero attached hydrogens (tertiary/aromatic N) is 1. The van der Waals surface area contributed by atoms with Crippen molar-refractivity contribution < 1.29 is 0 Å². The summed E-state index contributed by atoms with van der Waals surface area (Å²) in [7, 11) is 0. The second-order valence-corrected chi connectivity index (χ2v) is 5.55. The number of rotatable bonds is 1. The molecule has 0 unspecified atom stereocenters. The summed E-state index contributed by atoms with van der Waals surface area (Å²) in [6.07, 6.45) is 6.03. The van der Waals surface area contributed by atoms with Crippen molar-refractivity contribution in [1.82, 2.24) is 10.2 Å². The average Bonchev–Trinajstić information content (AvgIpc) is 2.19. The maximum atomic E-state index is 6.02. The van der Waals surface area contributed by atoms with Gasteiger partial charge in [0.25, 0.3) is 0 Å². The van der Waals surface area contributed by atoms with Gasteiger partial charge in [-0.25, -0.2) is 0 Å². The lowest BCUT2D eigenvalue weighted by Crippen LogP contribution is -2.48. The summed E-state index contributed by atoms with van der Waals surface area (Å²) in [6.45, 7) is 4.45. The van der Waals surface area contributed by atoms with Gasteiger partial charge in [0.1, 0.15) is 4.33 Å². The third-order valence-corrected chi connectivity index (χ3v) is 3.59. The first-order valence-corrected chi connectivity index (χ1v) is 5.95. The van der Waals surface area contributed by atoms with E-state index in [-0.39, 0.29) is 0 Å². The number of hydrogen-bond acceptors (Lipinski definition) is 2. The van der Waals surface area contributed by atoms with E-state index in [2.05, 4.69) is 16.3 Å². The van der Waals surface area contributed by atoms with Crippen LogP contribution in [0, 0.1) is 0 Å². The molecule has 4 heteroatoms. The number of halogens is 2. The van der Waals surface area contributed by atoms with Crippen LogP contribution in [0.2, 0.25) is 0 Å². The summed E-state index contributed by atoms with van der Waals surface area (Å²) >= 11 is 12.0. The molecule has 1 atom stereocenters. The van der Waals surface area contributed by atoms with Crippen LogP contribution in [0.15, 0.2) is 12.2 Å². The Labute approximate surface area is 95.2 Å². The molecule has 0 radical (unpaired) electrons. The first-order chi connectivity index (χ1) is 6.67. The standard InChI is InChI=1S/C10H16Cl2N2/c11-10(12)3-1-9(2-4-10)14-7-5-13-6-8-14/h1,3,9,13H,2,4-8H2/t9-/m0/s1. The van der Waals surface area contributed by atoms with Crippen LogP contribution < -0.4 is 5.32 Å². The maximum Gasteiger partial charge on any atom is 0.136 e. The van der Waals surface area contributed by atoms with Gasteiger partial charge in [0.05, 0.1) is 0 Å². The lowest BCUT2D eigenvalue weighted by Gasteiger charge is -2.36. The van der Waals surface area contributed by atoms with E-state index in [9.17, 15) is 0 Å². The minimum Gasteiger partial charge on any atom is -0.314 e. The Kier molecular flexibility index (Phi) is 3.38. The van der Waals surface area contributed by atoms with Gasteiger partial charge in [0, 0.05) is 32.2 Å². The fourth-order valence-electron chi connectivity index (χ4n) is 2.09. The molecular weight excluding hydrogens is 219 g/mol. The second kappa shape index (κ2) is 4.40. The molecular formula is C10H16Cl2N2. The lowest BCUT2D eigenvalue weighted by molar-refractivity contribution is 0.188. The van der Waals surface area contributed by atoms with Crippen molar-refractivity contribution in [3.8, 4) is 0 Å². The minimum absolute atomic E-state index is 0.544. The van der Waals surface area contributed by atoms with E-state index in [0.29, 0.717) is 6.04 Å². The molecule has 1 N–H and O–H groups in total. The molecule has 1 saturated heterocycles. The van der Waals surface area contributed by atoms with Gasteiger partial charge in [-0.05, 0) is 12.8 Å². The average molecular weight is 235 g/mol. The fourth-order valence-corrected chi connectivity index (χ4v) is 2.45. The van der Waals surface area contributed by atoms with E-state index in [1.54, 1.807) is 0 Å². The summed E-state index contributed by atoms with van der Waals surface area (Å²) in [6, 6.07) is 0.544. The smallest absolute Gasteiger partial charge is 0.136 e. The van der Waals surface area contributed by atoms with E-state index in [1.165, 1.54) is 0 Å². The van der Waals surface area contributed by atoms with Crippen molar-refractivity contribution in [1.29, 1.82) is 0 Å². The van der Waals surface area contributed by atoms with Gasteiger partial charge in [-0.1, -0.05) is 35.4 Å². The SMILES string of the molecule is ClC1(Cl)C=C[C@H](N2CCNCC2)CC1. The summed E-state index contributed by atoms with van der Waals surface area (Å²) in [5.74, 6) is 0. The first kappa shape index (κ1) is 10.7. The van der Waals surface area contributed by atoms with Gasteiger partial charge in [-0.3, -0.25) is 4.90 Å². The van der Waals surface area contributed by atoms with Gasteiger partial charge in [0.15, 0.2) is 0 Å². The molecule has 80 valence electrons. The number of nitrogens with one attached hydrogen (secondary N) is 1. The Morgan fingerprint density at radius 3 is 2.57 bits per heavy atom. The van der Waals surface area contributed by atoms with E-state index in [0.717, 1.165) is 39.0 Å². The molecule has 0 spiro atoms. The Bertz CT molecular complexity index is 222. The Morgan fingerprint density at radius 1 is 1.29 bits per heavy atom. The molecule has 0 amide bonds. The molecule has 0 bridgehead atoms. The molecule has 0 saturated carbocycles. The normalized spacial score (nSPS) is 33.1. The third kappa shape index (κ3) is 2.63. The highest BCUT2D eigenvalue weighted by Crippen LogP contribution is 2.34. The van der Waals surface area contributed by atoms with Crippen LogP contribution in [0.25, 0.3) is 0 Å². The molecule has 0 aromatic heterocycles. The van der Waals surface area contributed by atoms with Crippen LogP contribution >= 0.6 is 23.2 Å². The molecule has 1 aliphatic carbocycles. The van der Waals surface area contributed by atoms with Gasteiger partial charge < -0.3 is 5.32 Å². The Morgan fingerprint density at radius 2 is 2.00 bits per heavy atom. The monoisotopic (exact) mass is 234 g/mol. The molecule has 0 aromatic carbocycles. The van der Waals surface area contributed by atoms with Gasteiger partial charge in [0.2, 0.25) is 0 Å². The van der Waals surface area contributed by atoms with E-state index < -0.39 is 4.33 Å². The topological polar surface area (TPSA) is 15.3 Å². The zero-order valence-corrected chi connectivity index (χ0v) is 9.69. The van der Waals surface area contributed by atoms with Crippen molar-refractivity contribution in [2.45, 2.75) is 23.2 Å². The lowest BCUT2D eigenvalue weighted by atomic mass is 10.00. The molecule has 2 aliphatic rings. The van der Waals surface area contributed by atoms with Gasteiger partial charge in [-0.15, -0.1) is 0 Å². The Hall–Kier alpha value is 0.240. The number of hydrogen-bond donors (Lipinski definition) is 1. The van der Waals surface area contributed by atoms with Gasteiger partial charge in [-0.2, -0.15) is 0 Å². The Balaban J connectivity index is 1.93. The van der Waals surface area contributed by atoms with E-state index in [4.69, 9.17) is 23.2 Å². The largest absolute Gasteiger partial charge is 0.314 e. The zero-order chi connectivity index (χ0) is 10.0. The van der Waals surface area contributed by atoms with Crippen LogP contribution in [0.4, 0.5) is 0 Å². The molecule has 2 nitrogen and oxygen atoms in total. The predicted molar refractivity (Wildman–Crippen MR) is 61.0 cm³/mol. The highest BCUT2D eigenvalue weighted by Gasteiger charge is 2.29. The van der Waals surface area contributed by atoms with Crippen molar-refractivity contribution in [3.05, 3.63) is 12.2 Å². The maximum absolute atomic E-state index is 6.02. The van der Waals surface area contributed by atoms with Crippen LogP contribution in [-0.4, -0.2) is 41.5 Å². The number of allylic oxidation sites excluding steroid dienone is 1. The fraction of sp³-hybridized carbons (Fsp3) is 0.800. The molecule has 0 aromatic rings. The van der Waals surface area contributed by atoms with Crippen molar-refractivity contribution in [3.63, 3.8) is 0 Å². The molecule has 1 fully saturated rings. The van der Waals surface area contributed by atoms with Crippen molar-refractivity contribution >= 4 is 23.2 Å². The summed E-state index contributed by atoms with van der Waals surface area (Å²) < 4.78 is -0.620. The quantitative estimate of drug-likeness (QED) is 0.550. The van der Waals surface area contributed by atoms with Crippen LogP contribution in [0.5, 0.6) is 0 Å². The predicted octanol–water partition coefficient (Wildman–Crippen LogP) is 1.78. The summed E-state index contributed by atoms with van der Waals surface area (Å²) in [4.78, 5) is 2.50. The first-order valence-electron chi connectivity index (χ1n) is 5.19. The van der Waals surface area contributed by atoms with Crippen LogP contribution in [0.1, 0.15) is 12.8 Å². The summed E-state index contributed by atoms with van der Waals surface area (Å²) in [5.41, 5.74) is 0. The van der Waals surface area contributed by atoms with E-state index in [1.807, 2.05) is 6.08 Å². The number of piperazine rings is 1. The minimum atomic E-state index is -0.620. The van der Waals surface area contributed by atoms with Gasteiger partial charge >= 0.3 is 0 Å². The number of alkyl halides is 2. The van der Waals surface area contributed by atoms with Crippen LogP contribution in [-0.2, 0) is 0 Å². The zero-order valence-electron chi connectivity index (χ0n) is 8.18. The molecule has 14 heavy (non-hydrogen) atoms. The highest BCUT2D eigenvalue weighted by atomic mass is 35.5. The summed E-state index contributed by atoms with van der Waals surface area (Å²) in [5, 5.41) is 3.35. The molecule has 1 heterocycles. The van der Waals surface area contributed by atoms with Crippen LogP contribution in [0.3, 0.4) is 0 Å². The second-order valence-electron chi connectivity index (χ2n) is 4.01. The van der Waals surface area contributed by atoms with E-state index >= 15 is 0 Å². The third-order valence-electron chi connectivity index (χ3n) is 2.96. The molecule has 2 rings (SSSR count). The molecule has 1 aliphatic heterocycles. The van der Waals surface area contributed by atoms with Crippen molar-refractivity contribution in [2.75, 3.05) is 26.2 Å². The van der Waals surface area contributed by atoms with Crippen molar-refractivity contribution in [2.24, 2.45) is 0 Å². The highest BCUT2D eigenvalue weighted by molar-refractivity contribution is 6.49.